The first kappa shape index (κ1) is 22.0. The number of hydrogen-bond donors (Lipinski definition) is 2. The van der Waals surface area contributed by atoms with E-state index in [9.17, 15) is 9.90 Å². The van der Waals surface area contributed by atoms with E-state index in [-0.39, 0.29) is 11.9 Å². The minimum Gasteiger partial charge on any atom is -0.489 e. The number of amides is 1. The van der Waals surface area contributed by atoms with Crippen molar-refractivity contribution in [1.82, 2.24) is 15.2 Å². The normalized spacial score (nSPS) is 19.2. The molecule has 2 aromatic carbocycles. The summed E-state index contributed by atoms with van der Waals surface area (Å²) in [4.78, 5) is 19.5. The SMILES string of the molecule is O=C(NC1CN(Cc2ccccn2)CCCC1O)c1ccc(OCc2ccccc2)cc1. The van der Waals surface area contributed by atoms with Gasteiger partial charge in [-0.2, -0.15) is 0 Å². The molecule has 32 heavy (non-hydrogen) atoms. The third-order valence-electron chi connectivity index (χ3n) is 5.69. The highest BCUT2D eigenvalue weighted by molar-refractivity contribution is 5.94. The molecule has 1 aliphatic rings. The highest BCUT2D eigenvalue weighted by atomic mass is 16.5. The Bertz CT molecular complexity index is 980. The van der Waals surface area contributed by atoms with Gasteiger partial charge in [0, 0.05) is 24.8 Å². The summed E-state index contributed by atoms with van der Waals surface area (Å²) in [5.41, 5.74) is 2.62. The monoisotopic (exact) mass is 431 g/mol. The van der Waals surface area contributed by atoms with E-state index in [0.29, 0.717) is 37.4 Å². The summed E-state index contributed by atoms with van der Waals surface area (Å²) in [5, 5.41) is 13.6. The lowest BCUT2D eigenvalue weighted by Crippen LogP contribution is -2.48. The van der Waals surface area contributed by atoms with Gasteiger partial charge in [0.05, 0.1) is 17.8 Å². The van der Waals surface area contributed by atoms with E-state index in [1.54, 1.807) is 30.5 Å². The zero-order chi connectivity index (χ0) is 22.2. The van der Waals surface area contributed by atoms with Gasteiger partial charge < -0.3 is 15.2 Å². The van der Waals surface area contributed by atoms with Gasteiger partial charge in [-0.1, -0.05) is 36.4 Å². The molecule has 1 aromatic heterocycles. The Morgan fingerprint density at radius 2 is 1.84 bits per heavy atom. The summed E-state index contributed by atoms with van der Waals surface area (Å²) in [7, 11) is 0. The van der Waals surface area contributed by atoms with Crippen molar-refractivity contribution in [1.29, 1.82) is 0 Å². The predicted molar refractivity (Wildman–Crippen MR) is 123 cm³/mol. The third-order valence-corrected chi connectivity index (χ3v) is 5.69. The molecule has 2 N–H and O–H groups in total. The second kappa shape index (κ2) is 10.9. The number of ether oxygens (including phenoxy) is 1. The number of hydrogen-bond acceptors (Lipinski definition) is 5. The minimum atomic E-state index is -0.568. The van der Waals surface area contributed by atoms with E-state index in [4.69, 9.17) is 4.74 Å². The van der Waals surface area contributed by atoms with Crippen LogP contribution in [0.4, 0.5) is 0 Å². The smallest absolute Gasteiger partial charge is 0.251 e. The lowest BCUT2D eigenvalue weighted by Gasteiger charge is -2.27. The van der Waals surface area contributed by atoms with Crippen molar-refractivity contribution in [2.75, 3.05) is 13.1 Å². The molecular weight excluding hydrogens is 402 g/mol. The van der Waals surface area contributed by atoms with Gasteiger partial charge in [-0.3, -0.25) is 14.7 Å². The Hall–Kier alpha value is -3.22. The zero-order valence-electron chi connectivity index (χ0n) is 18.1. The predicted octanol–water partition coefficient (Wildman–Crippen LogP) is 3.42. The van der Waals surface area contributed by atoms with E-state index >= 15 is 0 Å². The Morgan fingerprint density at radius 1 is 1.06 bits per heavy atom. The van der Waals surface area contributed by atoms with Gasteiger partial charge in [-0.25, -0.2) is 0 Å². The van der Waals surface area contributed by atoms with Crippen molar-refractivity contribution in [3.8, 4) is 5.75 Å². The molecule has 0 aliphatic carbocycles. The molecular formula is C26H29N3O3. The average molecular weight is 432 g/mol. The number of nitrogens with one attached hydrogen (secondary N) is 1. The molecule has 2 unspecified atom stereocenters. The number of aromatic nitrogens is 1. The van der Waals surface area contributed by atoms with Gasteiger partial charge in [0.1, 0.15) is 12.4 Å². The Labute approximate surface area is 188 Å². The number of aliphatic hydroxyl groups excluding tert-OH is 1. The van der Waals surface area contributed by atoms with Crippen molar-refractivity contribution < 1.29 is 14.6 Å². The second-order valence-corrected chi connectivity index (χ2v) is 8.14. The fourth-order valence-corrected chi connectivity index (χ4v) is 3.92. The van der Waals surface area contributed by atoms with Crippen LogP contribution < -0.4 is 10.1 Å². The van der Waals surface area contributed by atoms with E-state index in [2.05, 4.69) is 15.2 Å². The summed E-state index contributed by atoms with van der Waals surface area (Å²) in [5.74, 6) is 0.518. The van der Waals surface area contributed by atoms with Crippen LogP contribution in [0.15, 0.2) is 79.0 Å². The lowest BCUT2D eigenvalue weighted by molar-refractivity contribution is 0.0797. The fraction of sp³-hybridized carbons (Fsp3) is 0.308. The van der Waals surface area contributed by atoms with Gasteiger partial charge in [0.25, 0.3) is 5.91 Å². The van der Waals surface area contributed by atoms with Crippen LogP contribution in [0.2, 0.25) is 0 Å². The van der Waals surface area contributed by atoms with Crippen LogP contribution in [0.3, 0.4) is 0 Å². The van der Waals surface area contributed by atoms with Gasteiger partial charge in [-0.15, -0.1) is 0 Å². The standard InChI is InChI=1S/C26H29N3O3/c30-25-10-6-16-29(17-22-9-4-5-15-27-22)18-24(25)28-26(31)21-11-13-23(14-12-21)32-19-20-7-2-1-3-8-20/h1-5,7-9,11-15,24-25,30H,6,10,16-19H2,(H,28,31). The Kier molecular flexibility index (Phi) is 7.48. The van der Waals surface area contributed by atoms with Crippen molar-refractivity contribution in [2.24, 2.45) is 0 Å². The molecule has 1 aliphatic heterocycles. The van der Waals surface area contributed by atoms with E-state index in [0.717, 1.165) is 24.2 Å². The number of rotatable bonds is 7. The highest BCUT2D eigenvalue weighted by Gasteiger charge is 2.27. The molecule has 6 nitrogen and oxygen atoms in total. The Balaban J connectivity index is 1.33. The summed E-state index contributed by atoms with van der Waals surface area (Å²) in [6.07, 6.45) is 2.76. The average Bonchev–Trinajstić information content (AvgIpc) is 3.00. The summed E-state index contributed by atoms with van der Waals surface area (Å²) < 4.78 is 5.80. The van der Waals surface area contributed by atoms with E-state index in [1.165, 1.54) is 0 Å². The van der Waals surface area contributed by atoms with Crippen molar-refractivity contribution in [3.05, 3.63) is 95.8 Å². The van der Waals surface area contributed by atoms with E-state index in [1.807, 2.05) is 48.5 Å². The molecule has 2 heterocycles. The van der Waals surface area contributed by atoms with Crippen molar-refractivity contribution in [2.45, 2.75) is 38.1 Å². The van der Waals surface area contributed by atoms with Crippen LogP contribution in [0, 0.1) is 0 Å². The molecule has 6 heteroatoms. The molecule has 0 saturated carbocycles. The van der Waals surface area contributed by atoms with Gasteiger partial charge in [0.15, 0.2) is 0 Å². The first-order valence-electron chi connectivity index (χ1n) is 11.1. The number of carbonyl (C=O) groups is 1. The topological polar surface area (TPSA) is 74.7 Å². The molecule has 0 spiro atoms. The maximum atomic E-state index is 12.8. The first-order valence-corrected chi connectivity index (χ1v) is 11.1. The molecule has 0 bridgehead atoms. The summed E-state index contributed by atoms with van der Waals surface area (Å²) in [6, 6.07) is 22.6. The zero-order valence-corrected chi connectivity index (χ0v) is 18.1. The largest absolute Gasteiger partial charge is 0.489 e. The van der Waals surface area contributed by atoms with Crippen LogP contribution in [-0.4, -0.2) is 46.1 Å². The lowest BCUT2D eigenvalue weighted by atomic mass is 10.1. The minimum absolute atomic E-state index is 0.191. The molecule has 1 fully saturated rings. The van der Waals surface area contributed by atoms with Gasteiger partial charge in [0.2, 0.25) is 0 Å². The van der Waals surface area contributed by atoms with Crippen LogP contribution in [-0.2, 0) is 13.2 Å². The van der Waals surface area contributed by atoms with Crippen molar-refractivity contribution >= 4 is 5.91 Å². The van der Waals surface area contributed by atoms with Gasteiger partial charge >= 0.3 is 0 Å². The van der Waals surface area contributed by atoms with Crippen molar-refractivity contribution in [3.63, 3.8) is 0 Å². The highest BCUT2D eigenvalue weighted by Crippen LogP contribution is 2.17. The molecule has 1 saturated heterocycles. The van der Waals surface area contributed by atoms with E-state index < -0.39 is 6.10 Å². The van der Waals surface area contributed by atoms with Gasteiger partial charge in [-0.05, 0) is 61.3 Å². The Morgan fingerprint density at radius 3 is 2.59 bits per heavy atom. The number of likely N-dealkylation sites (tertiary alicyclic amines) is 1. The summed E-state index contributed by atoms with van der Waals surface area (Å²) in [6.45, 7) is 2.63. The molecule has 2 atom stereocenters. The molecule has 3 aromatic rings. The van der Waals surface area contributed by atoms with Crippen LogP contribution in [0.25, 0.3) is 0 Å². The number of pyridine rings is 1. The molecule has 0 radical (unpaired) electrons. The number of aliphatic hydroxyl groups is 1. The first-order chi connectivity index (χ1) is 15.7. The van der Waals surface area contributed by atoms with Crippen LogP contribution in [0.5, 0.6) is 5.75 Å². The third kappa shape index (κ3) is 6.15. The summed E-state index contributed by atoms with van der Waals surface area (Å²) >= 11 is 0. The number of carbonyl (C=O) groups excluding carboxylic acids is 1. The maximum Gasteiger partial charge on any atom is 0.251 e. The molecule has 4 rings (SSSR count). The number of nitrogens with zero attached hydrogens (tertiary/aromatic N) is 2. The van der Waals surface area contributed by atoms with Crippen LogP contribution in [0.1, 0.15) is 34.5 Å². The fourth-order valence-electron chi connectivity index (χ4n) is 3.92. The quantitative estimate of drug-likeness (QED) is 0.600. The van der Waals surface area contributed by atoms with Crippen LogP contribution >= 0.6 is 0 Å². The molecule has 166 valence electrons. The number of benzene rings is 2. The maximum absolute atomic E-state index is 12.8. The second-order valence-electron chi connectivity index (χ2n) is 8.14. The molecule has 1 amide bonds.